The fraction of sp³-hybridized carbons (Fsp3) is 0.944. The minimum atomic E-state index is -0.0231. The normalized spacial score (nSPS) is 10.8. The largest absolute Gasteiger partial charge is 0.466 e. The summed E-state index contributed by atoms with van der Waals surface area (Å²) in [4.78, 5) is 11.4. The molecule has 0 N–H and O–H groups in total. The Balaban J connectivity index is 3.09. The molecule has 0 fully saturated rings. The Kier molecular flexibility index (Phi) is 17.7. The summed E-state index contributed by atoms with van der Waals surface area (Å²) in [7, 11) is 0. The number of esters is 1. The topological polar surface area (TPSA) is 26.3 Å². The second-order valence-electron chi connectivity index (χ2n) is 5.94. The third-order valence-corrected chi connectivity index (χ3v) is 4.12. The highest BCUT2D eigenvalue weighted by molar-refractivity contribution is 7.80. The Morgan fingerprint density at radius 2 is 1.29 bits per heavy atom. The monoisotopic (exact) mass is 316 g/mol. The maximum absolute atomic E-state index is 11.4. The number of hydrogen-bond donors (Lipinski definition) is 1. The lowest BCUT2D eigenvalue weighted by molar-refractivity contribution is -0.143. The van der Waals surface area contributed by atoms with Gasteiger partial charge in [0, 0.05) is 6.42 Å². The first kappa shape index (κ1) is 20.8. The van der Waals surface area contributed by atoms with Crippen molar-refractivity contribution in [3.63, 3.8) is 0 Å². The van der Waals surface area contributed by atoms with E-state index in [4.69, 9.17) is 4.74 Å². The molecule has 0 saturated carbocycles. The van der Waals surface area contributed by atoms with E-state index in [0.717, 1.165) is 31.4 Å². The number of carbonyl (C=O) groups is 1. The predicted molar refractivity (Wildman–Crippen MR) is 95.1 cm³/mol. The highest BCUT2D eigenvalue weighted by Gasteiger charge is 2.01. The van der Waals surface area contributed by atoms with Crippen molar-refractivity contribution in [2.24, 2.45) is 0 Å². The minimum absolute atomic E-state index is 0.0231. The average Bonchev–Trinajstić information content (AvgIpc) is 2.49. The van der Waals surface area contributed by atoms with Gasteiger partial charge in [-0.1, -0.05) is 71.1 Å². The van der Waals surface area contributed by atoms with Crippen molar-refractivity contribution in [2.45, 2.75) is 96.8 Å². The molecule has 0 atom stereocenters. The van der Waals surface area contributed by atoms with Crippen LogP contribution in [-0.2, 0) is 9.53 Å². The molecule has 21 heavy (non-hydrogen) atoms. The molecule has 0 aliphatic carbocycles. The van der Waals surface area contributed by atoms with Crippen molar-refractivity contribution >= 4 is 18.6 Å². The number of unbranched alkanes of at least 4 members (excludes halogenated alkanes) is 11. The zero-order chi connectivity index (χ0) is 15.6. The summed E-state index contributed by atoms with van der Waals surface area (Å²) in [6, 6.07) is 0. The molecule has 0 heterocycles. The van der Waals surface area contributed by atoms with Crippen LogP contribution in [0.3, 0.4) is 0 Å². The van der Waals surface area contributed by atoms with Crippen molar-refractivity contribution in [1.29, 1.82) is 0 Å². The van der Waals surface area contributed by atoms with Gasteiger partial charge in [-0.15, -0.1) is 0 Å². The van der Waals surface area contributed by atoms with Crippen LogP contribution in [0.15, 0.2) is 0 Å². The summed E-state index contributed by atoms with van der Waals surface area (Å²) < 4.78 is 5.24. The number of ether oxygens (including phenoxy) is 1. The van der Waals surface area contributed by atoms with E-state index >= 15 is 0 Å². The van der Waals surface area contributed by atoms with Crippen LogP contribution >= 0.6 is 12.6 Å². The van der Waals surface area contributed by atoms with Crippen molar-refractivity contribution in [1.82, 2.24) is 0 Å². The molecule has 0 radical (unpaired) electrons. The number of carbonyl (C=O) groups excluding carboxylic acids is 1. The van der Waals surface area contributed by atoms with Crippen LogP contribution in [0.5, 0.6) is 0 Å². The minimum Gasteiger partial charge on any atom is -0.466 e. The first-order valence-corrected chi connectivity index (χ1v) is 9.71. The molecule has 2 nitrogen and oxygen atoms in total. The standard InChI is InChI=1S/C18H36O2S/c1-2-3-4-5-6-7-8-9-10-13-16-20-18(19)15-12-11-14-17-21/h21H,2-17H2,1H3. The van der Waals surface area contributed by atoms with Gasteiger partial charge in [0.1, 0.15) is 0 Å². The zero-order valence-electron chi connectivity index (χ0n) is 14.1. The summed E-state index contributed by atoms with van der Waals surface area (Å²) in [5, 5.41) is 0. The molecule has 0 aromatic carbocycles. The molecule has 0 aliphatic heterocycles. The van der Waals surface area contributed by atoms with Gasteiger partial charge in [-0.25, -0.2) is 0 Å². The summed E-state index contributed by atoms with van der Waals surface area (Å²) in [5.41, 5.74) is 0. The van der Waals surface area contributed by atoms with E-state index < -0.39 is 0 Å². The van der Waals surface area contributed by atoms with Gasteiger partial charge < -0.3 is 4.74 Å². The molecule has 0 unspecified atom stereocenters. The van der Waals surface area contributed by atoms with Crippen LogP contribution in [0.4, 0.5) is 0 Å². The Bertz CT molecular complexity index is 219. The summed E-state index contributed by atoms with van der Waals surface area (Å²) in [6.45, 7) is 2.87. The summed E-state index contributed by atoms with van der Waals surface area (Å²) in [5.74, 6) is 0.887. The fourth-order valence-electron chi connectivity index (χ4n) is 2.41. The van der Waals surface area contributed by atoms with E-state index in [1.54, 1.807) is 0 Å². The molecule has 0 aromatic rings. The predicted octanol–water partition coefficient (Wildman–Crippen LogP) is 5.94. The number of rotatable bonds is 16. The molecule has 0 aromatic heterocycles. The van der Waals surface area contributed by atoms with Crippen LogP contribution in [0, 0.1) is 0 Å². The van der Waals surface area contributed by atoms with E-state index in [2.05, 4.69) is 19.6 Å². The van der Waals surface area contributed by atoms with Gasteiger partial charge in [0.25, 0.3) is 0 Å². The van der Waals surface area contributed by atoms with Gasteiger partial charge in [-0.3, -0.25) is 4.79 Å². The van der Waals surface area contributed by atoms with Gasteiger partial charge in [-0.2, -0.15) is 12.6 Å². The van der Waals surface area contributed by atoms with Crippen LogP contribution < -0.4 is 0 Å². The quantitative estimate of drug-likeness (QED) is 0.217. The lowest BCUT2D eigenvalue weighted by Gasteiger charge is -2.05. The second kappa shape index (κ2) is 17.9. The van der Waals surface area contributed by atoms with E-state index in [-0.39, 0.29) is 5.97 Å². The van der Waals surface area contributed by atoms with Crippen molar-refractivity contribution in [3.8, 4) is 0 Å². The Morgan fingerprint density at radius 3 is 1.86 bits per heavy atom. The SMILES string of the molecule is CCCCCCCCCCCCOC(=O)CCCCCS. The molecule has 0 spiro atoms. The third kappa shape index (κ3) is 17.8. The molecule has 0 rings (SSSR count). The first-order valence-electron chi connectivity index (χ1n) is 9.07. The average molecular weight is 317 g/mol. The van der Waals surface area contributed by atoms with Crippen LogP contribution in [0.2, 0.25) is 0 Å². The zero-order valence-corrected chi connectivity index (χ0v) is 15.0. The van der Waals surface area contributed by atoms with Gasteiger partial charge in [-0.05, 0) is 25.0 Å². The second-order valence-corrected chi connectivity index (χ2v) is 6.38. The number of hydrogen-bond acceptors (Lipinski definition) is 3. The van der Waals surface area contributed by atoms with E-state index in [0.29, 0.717) is 13.0 Å². The van der Waals surface area contributed by atoms with Gasteiger partial charge >= 0.3 is 5.97 Å². The Labute approximate surface area is 137 Å². The maximum Gasteiger partial charge on any atom is 0.305 e. The fourth-order valence-corrected chi connectivity index (χ4v) is 2.63. The highest BCUT2D eigenvalue weighted by atomic mass is 32.1. The number of thiol groups is 1. The summed E-state index contributed by atoms with van der Waals surface area (Å²) in [6.07, 6.45) is 16.8. The van der Waals surface area contributed by atoms with Crippen LogP contribution in [0.25, 0.3) is 0 Å². The van der Waals surface area contributed by atoms with Crippen molar-refractivity contribution in [3.05, 3.63) is 0 Å². The molecule has 0 amide bonds. The smallest absolute Gasteiger partial charge is 0.305 e. The van der Waals surface area contributed by atoms with Crippen LogP contribution in [0.1, 0.15) is 96.8 Å². The highest BCUT2D eigenvalue weighted by Crippen LogP contribution is 2.10. The first-order chi connectivity index (χ1) is 10.3. The Morgan fingerprint density at radius 1 is 0.762 bits per heavy atom. The van der Waals surface area contributed by atoms with Crippen LogP contribution in [-0.4, -0.2) is 18.3 Å². The van der Waals surface area contributed by atoms with E-state index in [9.17, 15) is 4.79 Å². The molecule has 126 valence electrons. The van der Waals surface area contributed by atoms with E-state index in [1.807, 2.05) is 0 Å². The molecule has 0 bridgehead atoms. The Hall–Kier alpha value is -0.180. The molecule has 0 aliphatic rings. The third-order valence-electron chi connectivity index (χ3n) is 3.80. The lowest BCUT2D eigenvalue weighted by atomic mass is 10.1. The van der Waals surface area contributed by atoms with Gasteiger partial charge in [0.15, 0.2) is 0 Å². The molecular weight excluding hydrogens is 280 g/mol. The molecule has 0 saturated heterocycles. The van der Waals surface area contributed by atoms with E-state index in [1.165, 1.54) is 57.8 Å². The van der Waals surface area contributed by atoms with Gasteiger partial charge in [0.2, 0.25) is 0 Å². The summed E-state index contributed by atoms with van der Waals surface area (Å²) >= 11 is 4.15. The maximum atomic E-state index is 11.4. The van der Waals surface area contributed by atoms with Crippen molar-refractivity contribution < 1.29 is 9.53 Å². The molecule has 3 heteroatoms. The van der Waals surface area contributed by atoms with Crippen molar-refractivity contribution in [2.75, 3.05) is 12.4 Å². The lowest BCUT2D eigenvalue weighted by Crippen LogP contribution is -2.05. The molecular formula is C18H36O2S. The van der Waals surface area contributed by atoms with Gasteiger partial charge in [0.05, 0.1) is 6.61 Å².